The lowest BCUT2D eigenvalue weighted by molar-refractivity contribution is -0.122. The molecule has 13 heteroatoms. The lowest BCUT2D eigenvalue weighted by atomic mass is 9.74. The van der Waals surface area contributed by atoms with Crippen molar-refractivity contribution in [3.63, 3.8) is 0 Å². The maximum Gasteiger partial charge on any atom is 0.283 e. The second-order valence-corrected chi connectivity index (χ2v) is 13.7. The fourth-order valence-corrected chi connectivity index (χ4v) is 8.02. The number of amidine groups is 1. The molecule has 0 radical (unpaired) electrons. The summed E-state index contributed by atoms with van der Waals surface area (Å²) in [5.41, 5.74) is 8.93. The predicted octanol–water partition coefficient (Wildman–Crippen LogP) is 2.70. The Morgan fingerprint density at radius 2 is 1.95 bits per heavy atom. The zero-order valence-electron chi connectivity index (χ0n) is 22.7. The Balaban J connectivity index is 1.04. The van der Waals surface area contributed by atoms with Crippen LogP contribution in [-0.2, 0) is 33.3 Å². The maximum absolute atomic E-state index is 13.2. The van der Waals surface area contributed by atoms with Gasteiger partial charge in [0.15, 0.2) is 0 Å². The highest BCUT2D eigenvalue weighted by molar-refractivity contribution is 7.89. The molecule has 7 rings (SSSR count). The molecule has 0 aliphatic carbocycles. The van der Waals surface area contributed by atoms with Crippen LogP contribution in [0.4, 0.5) is 0 Å². The molecule has 1 spiro atoms. The number of carbonyl (C=O) groups is 2. The van der Waals surface area contributed by atoms with Gasteiger partial charge in [-0.05, 0) is 56.6 Å². The fourth-order valence-electron chi connectivity index (χ4n) is 6.57. The van der Waals surface area contributed by atoms with Gasteiger partial charge in [-0.25, -0.2) is 0 Å². The number of hydrogen-bond acceptors (Lipinski definition) is 8. The lowest BCUT2D eigenvalue weighted by Crippen LogP contribution is -2.44. The summed E-state index contributed by atoms with van der Waals surface area (Å²) in [6, 6.07) is 9.42. The van der Waals surface area contributed by atoms with Gasteiger partial charge < -0.3 is 15.4 Å². The maximum atomic E-state index is 13.2. The van der Waals surface area contributed by atoms with Crippen molar-refractivity contribution in [2.75, 3.05) is 19.7 Å². The van der Waals surface area contributed by atoms with Crippen LogP contribution in [0.3, 0.4) is 0 Å². The second kappa shape index (κ2) is 9.92. The highest BCUT2D eigenvalue weighted by atomic mass is 35.5. The van der Waals surface area contributed by atoms with Gasteiger partial charge in [-0.3, -0.25) is 14.5 Å². The summed E-state index contributed by atoms with van der Waals surface area (Å²) in [7, 11) is -3.83. The number of fused-ring (bicyclic) bond motifs is 4. The van der Waals surface area contributed by atoms with E-state index in [2.05, 4.69) is 15.0 Å². The Labute approximate surface area is 247 Å². The molecule has 0 saturated carbocycles. The van der Waals surface area contributed by atoms with E-state index < -0.39 is 16.1 Å². The van der Waals surface area contributed by atoms with Crippen molar-refractivity contribution in [2.24, 2.45) is 10.7 Å². The smallest absolute Gasteiger partial charge is 0.283 e. The van der Waals surface area contributed by atoms with Crippen LogP contribution < -0.4 is 10.5 Å². The second-order valence-electron chi connectivity index (χ2n) is 11.4. The third-order valence-corrected chi connectivity index (χ3v) is 10.7. The summed E-state index contributed by atoms with van der Waals surface area (Å²) in [5.74, 6) is 0.554. The Hall–Kier alpha value is -3.74. The minimum absolute atomic E-state index is 0.0873. The number of nitrogens with zero attached hydrogens (tertiary/aromatic N) is 5. The Bertz CT molecular complexity index is 1760. The quantitative estimate of drug-likeness (QED) is 0.466. The van der Waals surface area contributed by atoms with Crippen molar-refractivity contribution in [3.05, 3.63) is 76.1 Å². The molecule has 1 fully saturated rings. The summed E-state index contributed by atoms with van der Waals surface area (Å²) in [4.78, 5) is 33.6. The van der Waals surface area contributed by atoms with Crippen molar-refractivity contribution in [3.8, 4) is 5.75 Å². The number of likely N-dealkylation sites (tertiary alicyclic amines) is 1. The normalized spacial score (nSPS) is 21.8. The molecule has 1 atom stereocenters. The molecule has 5 heterocycles. The number of piperidine rings is 1. The highest BCUT2D eigenvalue weighted by Crippen LogP contribution is 2.49. The van der Waals surface area contributed by atoms with Crippen LogP contribution in [0.2, 0.25) is 5.02 Å². The molecule has 2 aromatic carbocycles. The van der Waals surface area contributed by atoms with Gasteiger partial charge in [-0.1, -0.05) is 23.7 Å². The molecule has 218 valence electrons. The fraction of sp³-hybridized carbons (Fsp3) is 0.379. The van der Waals surface area contributed by atoms with Crippen LogP contribution in [0.1, 0.15) is 52.7 Å². The van der Waals surface area contributed by atoms with E-state index in [1.807, 2.05) is 12.1 Å². The van der Waals surface area contributed by atoms with E-state index in [1.165, 1.54) is 12.1 Å². The number of nitrogens with two attached hydrogens (primary N) is 1. The average molecular weight is 609 g/mol. The zero-order chi connectivity index (χ0) is 29.2. The molecule has 42 heavy (non-hydrogen) atoms. The molecule has 1 aromatic heterocycles. The number of carbonyl (C=O) groups excluding carboxylic acids is 2. The number of rotatable bonds is 5. The van der Waals surface area contributed by atoms with Gasteiger partial charge in [0.2, 0.25) is 0 Å². The molecular weight excluding hydrogens is 580 g/mol. The SMILES string of the molecule is NC1=NC(=O)C(N2Cc3c(ccc4c3OCC43CCN(Cc4cnn(S(=O)(=O)c5cccc(Cl)c5)c4)CC3)C2=O)CC1. The highest BCUT2D eigenvalue weighted by Gasteiger charge is 2.47. The molecule has 11 nitrogen and oxygen atoms in total. The molecule has 2 N–H and O–H groups in total. The van der Waals surface area contributed by atoms with Crippen LogP contribution in [0.5, 0.6) is 5.75 Å². The van der Waals surface area contributed by atoms with Gasteiger partial charge in [0.25, 0.3) is 21.8 Å². The number of aromatic nitrogens is 2. The first-order valence-electron chi connectivity index (χ1n) is 13.9. The number of amides is 2. The molecule has 3 aromatic rings. The molecule has 1 unspecified atom stereocenters. The molecule has 0 bridgehead atoms. The zero-order valence-corrected chi connectivity index (χ0v) is 24.3. The van der Waals surface area contributed by atoms with Crippen LogP contribution in [0.25, 0.3) is 0 Å². The third-order valence-electron chi connectivity index (χ3n) is 8.91. The van der Waals surface area contributed by atoms with Gasteiger partial charge in [0.05, 0.1) is 24.2 Å². The number of aliphatic imine (C=N–C) groups is 1. The van der Waals surface area contributed by atoms with Crippen LogP contribution in [0.15, 0.2) is 58.7 Å². The van der Waals surface area contributed by atoms with Gasteiger partial charge in [0, 0.05) is 51.9 Å². The van der Waals surface area contributed by atoms with Crippen molar-refractivity contribution in [1.29, 1.82) is 0 Å². The Kier molecular flexibility index (Phi) is 6.41. The average Bonchev–Trinajstić information content (AvgIpc) is 3.67. The van der Waals surface area contributed by atoms with E-state index >= 15 is 0 Å². The van der Waals surface area contributed by atoms with Crippen molar-refractivity contribution in [2.45, 2.75) is 55.1 Å². The van der Waals surface area contributed by atoms with E-state index in [9.17, 15) is 18.0 Å². The first-order chi connectivity index (χ1) is 20.1. The summed E-state index contributed by atoms with van der Waals surface area (Å²) in [6.07, 6.45) is 5.83. The number of ether oxygens (including phenoxy) is 1. The van der Waals surface area contributed by atoms with Crippen LogP contribution in [0, 0.1) is 0 Å². The topological polar surface area (TPSA) is 140 Å². The van der Waals surface area contributed by atoms with Gasteiger partial charge >= 0.3 is 0 Å². The van der Waals surface area contributed by atoms with Crippen molar-refractivity contribution < 1.29 is 22.7 Å². The van der Waals surface area contributed by atoms with E-state index in [0.29, 0.717) is 49.0 Å². The predicted molar refractivity (Wildman–Crippen MR) is 154 cm³/mol. The number of hydrogen-bond donors (Lipinski definition) is 1. The van der Waals surface area contributed by atoms with Crippen LogP contribution in [-0.4, -0.2) is 70.8 Å². The van der Waals surface area contributed by atoms with E-state index in [-0.39, 0.29) is 22.1 Å². The largest absolute Gasteiger partial charge is 0.492 e. The Morgan fingerprint density at radius 1 is 1.14 bits per heavy atom. The summed E-state index contributed by atoms with van der Waals surface area (Å²) >= 11 is 5.99. The van der Waals surface area contributed by atoms with Gasteiger partial charge in [0.1, 0.15) is 17.6 Å². The van der Waals surface area contributed by atoms with Gasteiger partial charge in [-0.2, -0.15) is 22.6 Å². The van der Waals surface area contributed by atoms with E-state index in [0.717, 1.165) is 52.5 Å². The minimum Gasteiger partial charge on any atom is -0.492 e. The Morgan fingerprint density at radius 3 is 2.71 bits per heavy atom. The summed E-state index contributed by atoms with van der Waals surface area (Å²) in [5, 5.41) is 4.46. The van der Waals surface area contributed by atoms with Crippen molar-refractivity contribution >= 4 is 39.3 Å². The molecular formula is C29H29ClN6O5S. The number of benzene rings is 2. The van der Waals surface area contributed by atoms with E-state index in [1.54, 1.807) is 29.4 Å². The lowest BCUT2D eigenvalue weighted by Gasteiger charge is -2.38. The molecule has 1 saturated heterocycles. The summed E-state index contributed by atoms with van der Waals surface area (Å²) < 4.78 is 33.2. The first kappa shape index (κ1) is 27.1. The standard InChI is InChI=1S/C29H29ClN6O5S/c30-19-2-1-3-20(12-19)42(39,40)36-15-18(13-32-36)14-34-10-8-29(9-11-34)17-41-26-22-16-35(24-6-7-25(31)33-27(24)37)28(38)21(22)4-5-23(26)29/h1-5,12-13,15,24H,6-11,14,16-17H2,(H2,31,33,37). The number of halogens is 1. The minimum atomic E-state index is -3.83. The molecule has 4 aliphatic rings. The van der Waals surface area contributed by atoms with Gasteiger partial charge in [-0.15, -0.1) is 0 Å². The van der Waals surface area contributed by atoms with E-state index in [4.69, 9.17) is 22.1 Å². The van der Waals surface area contributed by atoms with Crippen LogP contribution >= 0.6 is 11.6 Å². The first-order valence-corrected chi connectivity index (χ1v) is 15.7. The van der Waals surface area contributed by atoms with Crippen molar-refractivity contribution in [1.82, 2.24) is 19.0 Å². The molecule has 2 amide bonds. The molecule has 4 aliphatic heterocycles. The monoisotopic (exact) mass is 608 g/mol. The summed E-state index contributed by atoms with van der Waals surface area (Å²) in [6.45, 7) is 3.04. The third kappa shape index (κ3) is 4.40.